The maximum absolute atomic E-state index is 12.6. The summed E-state index contributed by atoms with van der Waals surface area (Å²) in [5, 5.41) is 0. The third-order valence-corrected chi connectivity index (χ3v) is 5.45. The van der Waals surface area contributed by atoms with E-state index in [-0.39, 0.29) is 25.0 Å². The van der Waals surface area contributed by atoms with Crippen LogP contribution in [0.4, 0.5) is 4.79 Å². The van der Waals surface area contributed by atoms with E-state index in [1.165, 1.54) is 4.90 Å². The topological polar surface area (TPSA) is 55.8 Å². The summed E-state index contributed by atoms with van der Waals surface area (Å²) in [6.45, 7) is 12.3. The molecule has 1 atom stereocenters. The second-order valence-electron chi connectivity index (χ2n) is 7.98. The van der Waals surface area contributed by atoms with Crippen LogP contribution in [-0.4, -0.2) is 29.5 Å². The Balaban J connectivity index is 0.000000945. The van der Waals surface area contributed by atoms with Gasteiger partial charge in [-0.15, -0.1) is 0 Å². The molecular formula is C29H35NO4. The van der Waals surface area contributed by atoms with Crippen LogP contribution in [0, 0.1) is 0 Å². The van der Waals surface area contributed by atoms with Crippen molar-refractivity contribution in [2.24, 2.45) is 0 Å². The van der Waals surface area contributed by atoms with Gasteiger partial charge in [0.05, 0.1) is 6.04 Å². The average Bonchev–Trinajstić information content (AvgIpc) is 3.26. The number of carbonyl (C=O) groups is 2. The van der Waals surface area contributed by atoms with Crippen molar-refractivity contribution in [2.75, 3.05) is 6.61 Å². The molecule has 2 aromatic carbocycles. The first-order chi connectivity index (χ1) is 16.5. The predicted octanol–water partition coefficient (Wildman–Crippen LogP) is 6.65. The van der Waals surface area contributed by atoms with Crippen molar-refractivity contribution in [2.45, 2.75) is 52.2 Å². The zero-order valence-electron chi connectivity index (χ0n) is 20.2. The molecular weight excluding hydrogens is 426 g/mol. The van der Waals surface area contributed by atoms with Gasteiger partial charge in [0.25, 0.3) is 0 Å². The van der Waals surface area contributed by atoms with Crippen LogP contribution in [-0.2, 0) is 22.6 Å². The molecule has 1 heterocycles. The molecule has 0 radical (unpaired) electrons. The third kappa shape index (κ3) is 8.74. The number of aryl methyl sites for hydroxylation is 1. The highest BCUT2D eigenvalue weighted by Gasteiger charge is 2.37. The minimum Gasteiger partial charge on any atom is -0.489 e. The number of cyclic esters (lactones) is 1. The quantitative estimate of drug-likeness (QED) is 0.294. The van der Waals surface area contributed by atoms with Crippen molar-refractivity contribution in [1.29, 1.82) is 0 Å². The Hall–Kier alpha value is -3.60. The van der Waals surface area contributed by atoms with Crippen molar-refractivity contribution < 1.29 is 19.1 Å². The van der Waals surface area contributed by atoms with Crippen molar-refractivity contribution in [1.82, 2.24) is 4.90 Å². The predicted molar refractivity (Wildman–Crippen MR) is 137 cm³/mol. The van der Waals surface area contributed by atoms with E-state index in [0.29, 0.717) is 25.9 Å². The summed E-state index contributed by atoms with van der Waals surface area (Å²) in [7, 11) is 0. The second kappa shape index (κ2) is 14.5. The van der Waals surface area contributed by atoms with Crippen LogP contribution >= 0.6 is 0 Å². The van der Waals surface area contributed by atoms with Crippen LogP contribution in [0.5, 0.6) is 5.75 Å². The second-order valence-corrected chi connectivity index (χ2v) is 7.98. The van der Waals surface area contributed by atoms with Crippen LogP contribution in [0.3, 0.4) is 0 Å². The summed E-state index contributed by atoms with van der Waals surface area (Å²) in [6, 6.07) is 17.4. The number of benzene rings is 2. The summed E-state index contributed by atoms with van der Waals surface area (Å²) in [5.74, 6) is 0.565. The third-order valence-electron chi connectivity index (χ3n) is 5.45. The standard InChI is InChI=1S/C25H27NO4.C4H8/c1-3-19(2)9-13-22-18-30-25(28)26(22)24(27)16-12-20-10-14-23(15-11-20)29-17-21-7-5-4-6-8-21;1-3-4-2/h3-8,10-11,14-15,22H,1-2,9,12-13,16-18H2;3-4H,1-2H3/b;4-3-/t22-;/m0./s1. The fourth-order valence-corrected chi connectivity index (χ4v) is 3.30. The van der Waals surface area contributed by atoms with Gasteiger partial charge in [0.2, 0.25) is 5.91 Å². The van der Waals surface area contributed by atoms with Crippen molar-refractivity contribution in [3.05, 3.63) is 103 Å². The molecule has 5 heteroatoms. The van der Waals surface area contributed by atoms with Crippen LogP contribution in [0.15, 0.2) is 91.6 Å². The molecule has 1 aliphatic heterocycles. The van der Waals surface area contributed by atoms with Gasteiger partial charge in [-0.1, -0.05) is 79.4 Å². The van der Waals surface area contributed by atoms with E-state index >= 15 is 0 Å². The maximum atomic E-state index is 12.6. The Labute approximate surface area is 203 Å². The van der Waals surface area contributed by atoms with Gasteiger partial charge in [0, 0.05) is 6.42 Å². The van der Waals surface area contributed by atoms with Gasteiger partial charge in [-0.3, -0.25) is 4.79 Å². The average molecular weight is 462 g/mol. The molecule has 0 saturated carbocycles. The van der Waals surface area contributed by atoms with E-state index in [9.17, 15) is 9.59 Å². The van der Waals surface area contributed by atoms with Gasteiger partial charge in [-0.2, -0.15) is 0 Å². The lowest BCUT2D eigenvalue weighted by Gasteiger charge is -2.19. The molecule has 0 aliphatic carbocycles. The highest BCUT2D eigenvalue weighted by Crippen LogP contribution is 2.21. The SMILES string of the molecule is C/C=C\C.C=CC(=C)CC[C@H]1COC(=O)N1C(=O)CCc1ccc(OCc2ccccc2)cc1. The minimum atomic E-state index is -0.557. The van der Waals surface area contributed by atoms with E-state index in [1.807, 2.05) is 80.6 Å². The summed E-state index contributed by atoms with van der Waals surface area (Å²) in [4.78, 5) is 25.9. The van der Waals surface area contributed by atoms with Gasteiger partial charge in [0.1, 0.15) is 19.0 Å². The van der Waals surface area contributed by atoms with Crippen molar-refractivity contribution in [3.8, 4) is 5.75 Å². The first kappa shape index (κ1) is 26.7. The fourth-order valence-electron chi connectivity index (χ4n) is 3.30. The first-order valence-electron chi connectivity index (χ1n) is 11.6. The molecule has 0 bridgehead atoms. The van der Waals surface area contributed by atoms with Crippen molar-refractivity contribution >= 4 is 12.0 Å². The van der Waals surface area contributed by atoms with E-state index in [1.54, 1.807) is 6.08 Å². The molecule has 1 fully saturated rings. The molecule has 34 heavy (non-hydrogen) atoms. The maximum Gasteiger partial charge on any atom is 0.416 e. The molecule has 1 aliphatic rings. The normalized spacial score (nSPS) is 14.8. The van der Waals surface area contributed by atoms with E-state index in [0.717, 1.165) is 22.4 Å². The molecule has 180 valence electrons. The van der Waals surface area contributed by atoms with Crippen LogP contribution in [0.25, 0.3) is 0 Å². The van der Waals surface area contributed by atoms with Crippen LogP contribution < -0.4 is 4.74 Å². The number of nitrogens with zero attached hydrogens (tertiary/aromatic N) is 1. The molecule has 5 nitrogen and oxygen atoms in total. The molecule has 0 N–H and O–H groups in total. The molecule has 1 saturated heterocycles. The highest BCUT2D eigenvalue weighted by molar-refractivity contribution is 5.93. The van der Waals surface area contributed by atoms with Crippen LogP contribution in [0.1, 0.15) is 44.2 Å². The Morgan fingerprint density at radius 1 is 1.06 bits per heavy atom. The monoisotopic (exact) mass is 461 g/mol. The molecule has 2 aromatic rings. The Morgan fingerprint density at radius 2 is 1.74 bits per heavy atom. The summed E-state index contributed by atoms with van der Waals surface area (Å²) >= 11 is 0. The number of hydrogen-bond acceptors (Lipinski definition) is 4. The van der Waals surface area contributed by atoms with Crippen LogP contribution in [0.2, 0.25) is 0 Å². The molecule has 2 amide bonds. The highest BCUT2D eigenvalue weighted by atomic mass is 16.6. The number of hydrogen-bond donors (Lipinski definition) is 0. The smallest absolute Gasteiger partial charge is 0.416 e. The van der Waals surface area contributed by atoms with E-state index < -0.39 is 6.09 Å². The van der Waals surface area contributed by atoms with Gasteiger partial charge in [0.15, 0.2) is 0 Å². The number of ether oxygens (including phenoxy) is 2. The van der Waals surface area contributed by atoms with E-state index in [2.05, 4.69) is 13.2 Å². The lowest BCUT2D eigenvalue weighted by Crippen LogP contribution is -2.39. The fraction of sp³-hybridized carbons (Fsp3) is 0.310. The van der Waals surface area contributed by atoms with Crippen molar-refractivity contribution in [3.63, 3.8) is 0 Å². The van der Waals surface area contributed by atoms with Gasteiger partial charge in [-0.25, -0.2) is 9.69 Å². The largest absolute Gasteiger partial charge is 0.489 e. The molecule has 0 spiro atoms. The summed E-state index contributed by atoms with van der Waals surface area (Å²) in [5.41, 5.74) is 3.01. The van der Waals surface area contributed by atoms with E-state index in [4.69, 9.17) is 9.47 Å². The lowest BCUT2D eigenvalue weighted by atomic mass is 10.1. The number of allylic oxidation sites excluding steroid dienone is 4. The zero-order valence-corrected chi connectivity index (χ0v) is 20.2. The lowest BCUT2D eigenvalue weighted by molar-refractivity contribution is -0.129. The summed E-state index contributed by atoms with van der Waals surface area (Å²) in [6.07, 6.45) is 7.25. The van der Waals surface area contributed by atoms with Gasteiger partial charge in [-0.05, 0) is 56.4 Å². The number of rotatable bonds is 10. The molecule has 3 rings (SSSR count). The Kier molecular flexibility index (Phi) is 11.4. The minimum absolute atomic E-state index is 0.212. The molecule has 0 aromatic heterocycles. The van der Waals surface area contributed by atoms with Gasteiger partial charge >= 0.3 is 6.09 Å². The molecule has 0 unspecified atom stereocenters. The number of imide groups is 1. The zero-order chi connectivity index (χ0) is 24.8. The Morgan fingerprint density at radius 3 is 2.35 bits per heavy atom. The number of carbonyl (C=O) groups excluding carboxylic acids is 2. The summed E-state index contributed by atoms with van der Waals surface area (Å²) < 4.78 is 10.9. The Bertz CT molecular complexity index is 959. The first-order valence-corrected chi connectivity index (χ1v) is 11.6. The number of amides is 2. The van der Waals surface area contributed by atoms with Gasteiger partial charge < -0.3 is 9.47 Å².